The summed E-state index contributed by atoms with van der Waals surface area (Å²) < 4.78 is 45.7. The van der Waals surface area contributed by atoms with Gasteiger partial charge in [0.1, 0.15) is 5.52 Å². The Kier molecular flexibility index (Phi) is 6.31. The molecule has 0 aliphatic heterocycles. The molecule has 1 aliphatic carbocycles. The highest BCUT2D eigenvalue weighted by Crippen LogP contribution is 2.30. The van der Waals surface area contributed by atoms with Crippen LogP contribution in [-0.2, 0) is 23.8 Å². The second-order valence-electron chi connectivity index (χ2n) is 8.54. The summed E-state index contributed by atoms with van der Waals surface area (Å²) in [4.78, 5) is 21.2. The summed E-state index contributed by atoms with van der Waals surface area (Å²) in [7, 11) is 1.56. The van der Waals surface area contributed by atoms with Gasteiger partial charge in [-0.1, -0.05) is 6.07 Å². The number of methoxy groups -OCH3 is 1. The van der Waals surface area contributed by atoms with Crippen LogP contribution in [0.3, 0.4) is 0 Å². The quantitative estimate of drug-likeness (QED) is 0.420. The number of aryl methyl sites for hydroxylation is 1. The number of anilines is 1. The third-order valence-electron chi connectivity index (χ3n) is 6.09. The molecule has 1 aliphatic rings. The zero-order valence-corrected chi connectivity index (χ0v) is 19.3. The number of amides is 1. The molecule has 0 radical (unpaired) electrons. The first-order chi connectivity index (χ1) is 17.3. The van der Waals surface area contributed by atoms with Crippen LogP contribution in [0.5, 0.6) is 5.88 Å². The molecular formula is C25H23F3N6O2. The molecule has 3 aromatic heterocycles. The van der Waals surface area contributed by atoms with Crippen LogP contribution in [0.15, 0.2) is 54.9 Å². The van der Waals surface area contributed by atoms with E-state index in [1.807, 2.05) is 18.3 Å². The standard InChI is InChI=1S/C25H23F3N6O2/c1-36-23-8-7-20-24(32-23)21(9-10-29-20)34-14-15-11-17(5-6-19(15)33-34)30-13-22(35)31-18-4-2-3-16(12-18)25(26,27)28/h2-4,7-10,12,14,17,30H,5-6,11,13H2,1H3,(H,31,35). The van der Waals surface area contributed by atoms with Crippen LogP contribution in [0.2, 0.25) is 0 Å². The molecular weight excluding hydrogens is 473 g/mol. The molecule has 5 rings (SSSR count). The van der Waals surface area contributed by atoms with Crippen molar-refractivity contribution in [3.8, 4) is 11.6 Å². The summed E-state index contributed by atoms with van der Waals surface area (Å²) in [5.74, 6) is 0.0837. The van der Waals surface area contributed by atoms with Gasteiger partial charge in [-0.15, -0.1) is 0 Å². The first-order valence-electron chi connectivity index (χ1n) is 11.4. The fraction of sp³-hybridized carbons (Fsp3) is 0.280. The van der Waals surface area contributed by atoms with E-state index in [0.29, 0.717) is 17.8 Å². The summed E-state index contributed by atoms with van der Waals surface area (Å²) in [6.07, 6.45) is 1.39. The summed E-state index contributed by atoms with van der Waals surface area (Å²) in [5.41, 5.74) is 3.54. The van der Waals surface area contributed by atoms with Gasteiger partial charge in [-0.2, -0.15) is 18.3 Å². The monoisotopic (exact) mass is 496 g/mol. The Morgan fingerprint density at radius 3 is 2.89 bits per heavy atom. The van der Waals surface area contributed by atoms with Gasteiger partial charge in [0, 0.05) is 30.2 Å². The lowest BCUT2D eigenvalue weighted by molar-refractivity contribution is -0.137. The third kappa shape index (κ3) is 5.01. The van der Waals surface area contributed by atoms with Crippen LogP contribution in [0.25, 0.3) is 16.7 Å². The molecule has 4 aromatic rings. The van der Waals surface area contributed by atoms with Crippen LogP contribution in [0, 0.1) is 0 Å². The van der Waals surface area contributed by atoms with E-state index in [9.17, 15) is 18.0 Å². The highest BCUT2D eigenvalue weighted by atomic mass is 19.4. The fourth-order valence-corrected chi connectivity index (χ4v) is 4.31. The number of halogens is 3. The van der Waals surface area contributed by atoms with Crippen LogP contribution in [-0.4, -0.2) is 45.4 Å². The maximum Gasteiger partial charge on any atom is 0.416 e. The first-order valence-corrected chi connectivity index (χ1v) is 11.4. The molecule has 0 spiro atoms. The molecule has 1 aromatic carbocycles. The van der Waals surface area contributed by atoms with Crippen LogP contribution in [0.1, 0.15) is 23.2 Å². The lowest BCUT2D eigenvalue weighted by Gasteiger charge is -2.22. The van der Waals surface area contributed by atoms with Gasteiger partial charge in [-0.05, 0) is 55.2 Å². The Balaban J connectivity index is 1.24. The molecule has 36 heavy (non-hydrogen) atoms. The average Bonchev–Trinajstić information content (AvgIpc) is 3.29. The third-order valence-corrected chi connectivity index (χ3v) is 6.09. The molecule has 1 unspecified atom stereocenters. The van der Waals surface area contributed by atoms with Gasteiger partial charge in [0.2, 0.25) is 11.8 Å². The number of ether oxygens (including phenoxy) is 1. The molecule has 0 fully saturated rings. The van der Waals surface area contributed by atoms with Crippen molar-refractivity contribution in [3.63, 3.8) is 0 Å². The van der Waals surface area contributed by atoms with Gasteiger partial charge >= 0.3 is 6.18 Å². The van der Waals surface area contributed by atoms with Gasteiger partial charge in [0.05, 0.1) is 36.1 Å². The van der Waals surface area contributed by atoms with Crippen molar-refractivity contribution in [2.45, 2.75) is 31.5 Å². The second-order valence-corrected chi connectivity index (χ2v) is 8.54. The van der Waals surface area contributed by atoms with Gasteiger partial charge in [-0.3, -0.25) is 9.78 Å². The molecule has 1 atom stereocenters. The van der Waals surface area contributed by atoms with Gasteiger partial charge < -0.3 is 15.4 Å². The van der Waals surface area contributed by atoms with Crippen molar-refractivity contribution in [3.05, 3.63) is 71.7 Å². The number of alkyl halides is 3. The van der Waals surface area contributed by atoms with Crippen molar-refractivity contribution in [1.29, 1.82) is 0 Å². The Hall–Kier alpha value is -3.99. The van der Waals surface area contributed by atoms with Crippen LogP contribution < -0.4 is 15.4 Å². The van der Waals surface area contributed by atoms with Crippen molar-refractivity contribution < 1.29 is 22.7 Å². The molecule has 11 heteroatoms. The minimum absolute atomic E-state index is 0.0108. The number of carbonyl (C=O) groups excluding carboxylic acids is 1. The van der Waals surface area contributed by atoms with Gasteiger partial charge in [0.25, 0.3) is 0 Å². The van der Waals surface area contributed by atoms with Gasteiger partial charge in [0.15, 0.2) is 0 Å². The van der Waals surface area contributed by atoms with Crippen LogP contribution in [0.4, 0.5) is 18.9 Å². The van der Waals surface area contributed by atoms with Crippen molar-refractivity contribution >= 4 is 22.6 Å². The number of rotatable bonds is 6. The molecule has 0 saturated heterocycles. The molecule has 3 heterocycles. The lowest BCUT2D eigenvalue weighted by atomic mass is 9.93. The number of fused-ring (bicyclic) bond motifs is 2. The number of nitrogens with one attached hydrogen (secondary N) is 2. The van der Waals surface area contributed by atoms with E-state index in [4.69, 9.17) is 9.84 Å². The smallest absolute Gasteiger partial charge is 0.416 e. The molecule has 0 saturated carbocycles. The van der Waals surface area contributed by atoms with E-state index in [1.54, 1.807) is 24.1 Å². The number of carbonyl (C=O) groups is 1. The first kappa shape index (κ1) is 23.7. The maximum absolute atomic E-state index is 12.9. The summed E-state index contributed by atoms with van der Waals surface area (Å²) in [6.45, 7) is -0.0108. The lowest BCUT2D eigenvalue weighted by Crippen LogP contribution is -2.39. The van der Waals surface area contributed by atoms with Crippen molar-refractivity contribution in [1.82, 2.24) is 25.1 Å². The zero-order valence-electron chi connectivity index (χ0n) is 19.3. The number of pyridine rings is 2. The Morgan fingerprint density at radius 1 is 1.22 bits per heavy atom. The average molecular weight is 496 g/mol. The molecule has 1 amide bonds. The highest BCUT2D eigenvalue weighted by molar-refractivity contribution is 5.92. The normalized spacial score (nSPS) is 15.5. The summed E-state index contributed by atoms with van der Waals surface area (Å²) in [5, 5.41) is 10.5. The summed E-state index contributed by atoms with van der Waals surface area (Å²) >= 11 is 0. The summed E-state index contributed by atoms with van der Waals surface area (Å²) in [6, 6.07) is 10.1. The Bertz CT molecular complexity index is 1420. The topological polar surface area (TPSA) is 94.0 Å². The van der Waals surface area contributed by atoms with E-state index in [0.717, 1.165) is 47.4 Å². The second kappa shape index (κ2) is 9.57. The van der Waals surface area contributed by atoms with Gasteiger partial charge in [-0.25, -0.2) is 9.67 Å². The van der Waals surface area contributed by atoms with E-state index in [1.165, 1.54) is 12.1 Å². The number of nitrogens with zero attached hydrogens (tertiary/aromatic N) is 4. The van der Waals surface area contributed by atoms with Crippen molar-refractivity contribution in [2.75, 3.05) is 19.0 Å². The van der Waals surface area contributed by atoms with E-state index < -0.39 is 17.6 Å². The van der Waals surface area contributed by atoms with Crippen molar-refractivity contribution in [2.24, 2.45) is 0 Å². The molecule has 8 nitrogen and oxygen atoms in total. The Morgan fingerprint density at radius 2 is 2.08 bits per heavy atom. The number of hydrogen-bond acceptors (Lipinski definition) is 6. The predicted molar refractivity (Wildman–Crippen MR) is 127 cm³/mol. The minimum Gasteiger partial charge on any atom is -0.481 e. The number of aromatic nitrogens is 4. The zero-order chi connectivity index (χ0) is 25.3. The highest BCUT2D eigenvalue weighted by Gasteiger charge is 2.30. The fourth-order valence-electron chi connectivity index (χ4n) is 4.31. The Labute approximate surface area is 204 Å². The number of benzene rings is 1. The van der Waals surface area contributed by atoms with Crippen LogP contribution >= 0.6 is 0 Å². The molecule has 2 N–H and O–H groups in total. The predicted octanol–water partition coefficient (Wildman–Crippen LogP) is 3.93. The SMILES string of the molecule is COc1ccc2nccc(-n3cc4c(n3)CCC(NCC(=O)Nc3cccc(C(F)(F)F)c3)C4)c2n1. The largest absolute Gasteiger partial charge is 0.481 e. The molecule has 186 valence electrons. The minimum atomic E-state index is -4.46. The molecule has 0 bridgehead atoms. The van der Waals surface area contributed by atoms with E-state index >= 15 is 0 Å². The van der Waals surface area contributed by atoms with E-state index in [-0.39, 0.29) is 18.3 Å². The van der Waals surface area contributed by atoms with E-state index in [2.05, 4.69) is 20.6 Å². The number of hydrogen-bond donors (Lipinski definition) is 2. The maximum atomic E-state index is 12.9.